The van der Waals surface area contributed by atoms with Gasteiger partial charge in [-0.15, -0.1) is 0 Å². The zero-order valence-corrected chi connectivity index (χ0v) is 18.9. The van der Waals surface area contributed by atoms with Crippen molar-refractivity contribution in [3.8, 4) is 11.5 Å². The molecule has 3 heterocycles. The number of fused-ring (bicyclic) bond motifs is 2. The topological polar surface area (TPSA) is 72.8 Å². The highest BCUT2D eigenvalue weighted by atomic mass is 16.5. The molecule has 3 aromatic rings. The summed E-state index contributed by atoms with van der Waals surface area (Å²) in [4.78, 5) is 28.5. The van der Waals surface area contributed by atoms with Gasteiger partial charge in [0.1, 0.15) is 0 Å². The van der Waals surface area contributed by atoms with E-state index in [1.165, 1.54) is 0 Å². The number of aromatic nitrogens is 1. The number of pyridine rings is 1. The third-order valence-corrected chi connectivity index (χ3v) is 6.57. The monoisotopic (exact) mass is 447 g/mol. The number of nitrogens with one attached hydrogen (secondary N) is 1. The van der Waals surface area contributed by atoms with E-state index in [9.17, 15) is 9.59 Å². The van der Waals surface area contributed by atoms with Gasteiger partial charge in [0.05, 0.1) is 13.2 Å². The quantitative estimate of drug-likeness (QED) is 0.659. The van der Waals surface area contributed by atoms with Crippen molar-refractivity contribution >= 4 is 22.4 Å². The van der Waals surface area contributed by atoms with Crippen molar-refractivity contribution in [1.29, 1.82) is 0 Å². The SMILES string of the molecule is CN1CCC(Cn2ccc3c(NC(=O)c4ccc5c(c4)OCCCO5)cccc3c2=O)CC1. The third kappa shape index (κ3) is 4.59. The highest BCUT2D eigenvalue weighted by Crippen LogP contribution is 2.31. The van der Waals surface area contributed by atoms with E-state index < -0.39 is 0 Å². The molecular formula is C26H29N3O4. The van der Waals surface area contributed by atoms with Crippen LogP contribution in [0.3, 0.4) is 0 Å². The molecule has 5 rings (SSSR count). The summed E-state index contributed by atoms with van der Waals surface area (Å²) in [5.41, 5.74) is 1.08. The lowest BCUT2D eigenvalue weighted by atomic mass is 9.97. The van der Waals surface area contributed by atoms with Gasteiger partial charge in [-0.05, 0) is 75.3 Å². The number of carbonyl (C=O) groups is 1. The van der Waals surface area contributed by atoms with Gasteiger partial charge in [-0.25, -0.2) is 0 Å². The number of hydrogen-bond acceptors (Lipinski definition) is 5. The molecule has 33 heavy (non-hydrogen) atoms. The van der Waals surface area contributed by atoms with Crippen LogP contribution in [0.5, 0.6) is 11.5 Å². The first-order valence-corrected chi connectivity index (χ1v) is 11.6. The molecule has 0 saturated carbocycles. The minimum absolute atomic E-state index is 0.0156. The number of benzene rings is 2. The first kappa shape index (κ1) is 21.5. The van der Waals surface area contributed by atoms with Crippen LogP contribution in [0.1, 0.15) is 29.6 Å². The van der Waals surface area contributed by atoms with Crippen LogP contribution in [-0.2, 0) is 6.54 Å². The number of anilines is 1. The van der Waals surface area contributed by atoms with Crippen LogP contribution < -0.4 is 20.3 Å². The maximum atomic E-state index is 13.2. The van der Waals surface area contributed by atoms with Gasteiger partial charge in [-0.1, -0.05) is 6.07 Å². The smallest absolute Gasteiger partial charge is 0.258 e. The molecule has 0 atom stereocenters. The number of amides is 1. The largest absolute Gasteiger partial charge is 0.490 e. The second-order valence-corrected chi connectivity index (χ2v) is 8.95. The van der Waals surface area contributed by atoms with Crippen molar-refractivity contribution in [2.24, 2.45) is 5.92 Å². The summed E-state index contributed by atoms with van der Waals surface area (Å²) in [5.74, 6) is 1.49. The van der Waals surface area contributed by atoms with Crippen molar-refractivity contribution in [2.45, 2.75) is 25.8 Å². The van der Waals surface area contributed by atoms with Gasteiger partial charge < -0.3 is 24.3 Å². The first-order valence-electron chi connectivity index (χ1n) is 11.6. The van der Waals surface area contributed by atoms with Crippen LogP contribution >= 0.6 is 0 Å². The Morgan fingerprint density at radius 2 is 1.82 bits per heavy atom. The van der Waals surface area contributed by atoms with Crippen molar-refractivity contribution in [1.82, 2.24) is 9.47 Å². The number of hydrogen-bond donors (Lipinski definition) is 1. The molecular weight excluding hydrogens is 418 g/mol. The average molecular weight is 448 g/mol. The second kappa shape index (κ2) is 9.27. The molecule has 2 aromatic carbocycles. The minimum atomic E-state index is -0.256. The van der Waals surface area contributed by atoms with Crippen LogP contribution in [0.2, 0.25) is 0 Å². The third-order valence-electron chi connectivity index (χ3n) is 6.57. The van der Waals surface area contributed by atoms with E-state index in [2.05, 4.69) is 17.3 Å². The molecule has 1 saturated heterocycles. The number of nitrogens with zero attached hydrogens (tertiary/aromatic N) is 2. The predicted molar refractivity (Wildman–Crippen MR) is 128 cm³/mol. The Morgan fingerprint density at radius 3 is 2.64 bits per heavy atom. The van der Waals surface area contributed by atoms with Crippen molar-refractivity contribution in [3.05, 3.63) is 64.6 Å². The maximum absolute atomic E-state index is 13.2. The van der Waals surface area contributed by atoms with Gasteiger partial charge in [0.15, 0.2) is 11.5 Å². The standard InChI is InChI=1S/C26H29N3O4/c1-28-11-8-18(9-12-28)17-29-13-10-20-21(26(29)31)4-2-5-22(20)27-25(30)19-6-7-23-24(16-19)33-15-3-14-32-23/h2,4-7,10,13,16,18H,3,8-9,11-12,14-15,17H2,1H3,(H,27,30). The van der Waals surface area contributed by atoms with Crippen LogP contribution in [-0.4, -0.2) is 48.7 Å². The van der Waals surface area contributed by atoms with Crippen LogP contribution in [0.15, 0.2) is 53.5 Å². The van der Waals surface area contributed by atoms with Gasteiger partial charge in [0.25, 0.3) is 11.5 Å². The van der Waals surface area contributed by atoms with Gasteiger partial charge in [-0.3, -0.25) is 9.59 Å². The van der Waals surface area contributed by atoms with E-state index in [4.69, 9.17) is 9.47 Å². The fourth-order valence-corrected chi connectivity index (χ4v) is 4.59. The molecule has 0 aliphatic carbocycles. The molecule has 2 aliphatic heterocycles. The Bertz CT molecular complexity index is 1230. The molecule has 0 bridgehead atoms. The lowest BCUT2D eigenvalue weighted by Gasteiger charge is -2.29. The average Bonchev–Trinajstić information content (AvgIpc) is 3.07. The van der Waals surface area contributed by atoms with E-state index >= 15 is 0 Å². The zero-order chi connectivity index (χ0) is 22.8. The Morgan fingerprint density at radius 1 is 1.03 bits per heavy atom. The lowest BCUT2D eigenvalue weighted by Crippen LogP contribution is -2.33. The Kier molecular flexibility index (Phi) is 6.05. The van der Waals surface area contributed by atoms with Crippen molar-refractivity contribution in [2.75, 3.05) is 38.7 Å². The highest BCUT2D eigenvalue weighted by molar-refractivity contribution is 6.09. The number of piperidine rings is 1. The molecule has 1 aromatic heterocycles. The molecule has 0 radical (unpaired) electrons. The molecule has 7 heteroatoms. The van der Waals surface area contributed by atoms with E-state index in [-0.39, 0.29) is 11.5 Å². The summed E-state index contributed by atoms with van der Waals surface area (Å²) in [5, 5.41) is 4.32. The van der Waals surface area contributed by atoms with Crippen molar-refractivity contribution < 1.29 is 14.3 Å². The maximum Gasteiger partial charge on any atom is 0.258 e. The van der Waals surface area contributed by atoms with E-state index in [1.54, 1.807) is 18.2 Å². The summed E-state index contributed by atoms with van der Waals surface area (Å²) in [6, 6.07) is 12.6. The number of likely N-dealkylation sites (tertiary alicyclic amines) is 1. The Balaban J connectivity index is 1.37. The first-order chi connectivity index (χ1) is 16.1. The molecule has 7 nitrogen and oxygen atoms in total. The number of ether oxygens (including phenoxy) is 2. The molecule has 0 unspecified atom stereocenters. The summed E-state index contributed by atoms with van der Waals surface area (Å²) < 4.78 is 13.2. The molecule has 1 N–H and O–H groups in total. The summed E-state index contributed by atoms with van der Waals surface area (Å²) >= 11 is 0. The predicted octanol–water partition coefficient (Wildman–Crippen LogP) is 3.76. The van der Waals surface area contributed by atoms with E-state index in [0.29, 0.717) is 47.3 Å². The van der Waals surface area contributed by atoms with Crippen LogP contribution in [0, 0.1) is 5.92 Å². The Labute approximate surface area is 192 Å². The molecule has 1 fully saturated rings. The number of carbonyl (C=O) groups excluding carboxylic acids is 1. The van der Waals surface area contributed by atoms with Crippen LogP contribution in [0.25, 0.3) is 10.8 Å². The van der Waals surface area contributed by atoms with Gasteiger partial charge in [0.2, 0.25) is 0 Å². The summed E-state index contributed by atoms with van der Waals surface area (Å²) in [7, 11) is 2.14. The molecule has 2 aliphatic rings. The van der Waals surface area contributed by atoms with Gasteiger partial charge in [0, 0.05) is 41.2 Å². The second-order valence-electron chi connectivity index (χ2n) is 8.95. The fourth-order valence-electron chi connectivity index (χ4n) is 4.59. The van der Waals surface area contributed by atoms with Gasteiger partial charge >= 0.3 is 0 Å². The number of rotatable bonds is 4. The van der Waals surface area contributed by atoms with E-state index in [1.807, 2.05) is 35.0 Å². The zero-order valence-electron chi connectivity index (χ0n) is 18.9. The minimum Gasteiger partial charge on any atom is -0.490 e. The molecule has 172 valence electrons. The van der Waals surface area contributed by atoms with E-state index in [0.717, 1.165) is 44.3 Å². The molecule has 0 spiro atoms. The summed E-state index contributed by atoms with van der Waals surface area (Å²) in [6.07, 6.45) is 4.87. The summed E-state index contributed by atoms with van der Waals surface area (Å²) in [6.45, 7) is 4.04. The normalized spacial score (nSPS) is 17.0. The van der Waals surface area contributed by atoms with Crippen LogP contribution in [0.4, 0.5) is 5.69 Å². The lowest BCUT2D eigenvalue weighted by molar-refractivity contribution is 0.102. The fraction of sp³-hybridized carbons (Fsp3) is 0.385. The van der Waals surface area contributed by atoms with Gasteiger partial charge in [-0.2, -0.15) is 0 Å². The highest BCUT2D eigenvalue weighted by Gasteiger charge is 2.19. The molecule has 1 amide bonds. The van der Waals surface area contributed by atoms with Crippen molar-refractivity contribution in [3.63, 3.8) is 0 Å². The Hall–Kier alpha value is -3.32.